The highest BCUT2D eigenvalue weighted by Gasteiger charge is 2.44. The standard InChI is InChI=1S/C44H78O9/c1-3-5-7-9-11-13-15-17-19-21-23-25-27-29-31-33-40(46)52-38(37-51-44-43(49)42(48)41(47)39(35-45)53-44)36-50-34-32-30-28-26-24-22-20-18-16-14-12-10-8-6-4-2/h10-13,16-19,38-39,41-45,47-49H,3-9,14-15,20-37H2,1-2H3/b12-10-,13-11-,18-16-,19-17-. The minimum Gasteiger partial charge on any atom is -0.457 e. The Labute approximate surface area is 322 Å². The van der Waals surface area contributed by atoms with Gasteiger partial charge in [0.25, 0.3) is 0 Å². The molecule has 1 aliphatic rings. The topological polar surface area (TPSA) is 135 Å². The van der Waals surface area contributed by atoms with Crippen LogP contribution in [0.4, 0.5) is 0 Å². The molecule has 0 aliphatic carbocycles. The molecule has 0 aromatic carbocycles. The lowest BCUT2D eigenvalue weighted by molar-refractivity contribution is -0.305. The number of esters is 1. The monoisotopic (exact) mass is 751 g/mol. The number of hydrogen-bond donors (Lipinski definition) is 4. The molecule has 0 amide bonds. The molecule has 1 rings (SSSR count). The van der Waals surface area contributed by atoms with Crippen molar-refractivity contribution >= 4 is 5.97 Å². The number of aliphatic hydroxyl groups excluding tert-OH is 4. The van der Waals surface area contributed by atoms with Crippen molar-refractivity contribution in [2.24, 2.45) is 0 Å². The van der Waals surface area contributed by atoms with E-state index in [4.69, 9.17) is 18.9 Å². The number of allylic oxidation sites excluding steroid dienone is 8. The van der Waals surface area contributed by atoms with Gasteiger partial charge in [-0.15, -0.1) is 0 Å². The average Bonchev–Trinajstić information content (AvgIpc) is 3.16. The fraction of sp³-hybridized carbons (Fsp3) is 0.795. The second-order valence-electron chi connectivity index (χ2n) is 14.4. The molecule has 1 heterocycles. The summed E-state index contributed by atoms with van der Waals surface area (Å²) in [4.78, 5) is 12.7. The number of ether oxygens (including phenoxy) is 4. The van der Waals surface area contributed by atoms with Crippen LogP contribution in [0, 0.1) is 0 Å². The zero-order chi connectivity index (χ0) is 38.6. The largest absolute Gasteiger partial charge is 0.457 e. The van der Waals surface area contributed by atoms with Crippen molar-refractivity contribution < 1.29 is 44.2 Å². The molecule has 6 atom stereocenters. The molecule has 4 N–H and O–H groups in total. The van der Waals surface area contributed by atoms with E-state index >= 15 is 0 Å². The van der Waals surface area contributed by atoms with Gasteiger partial charge in [0.05, 0.1) is 19.8 Å². The summed E-state index contributed by atoms with van der Waals surface area (Å²) in [6, 6.07) is 0. The van der Waals surface area contributed by atoms with Gasteiger partial charge in [-0.1, -0.05) is 133 Å². The molecule has 0 spiro atoms. The van der Waals surface area contributed by atoms with Crippen LogP contribution in [0.15, 0.2) is 48.6 Å². The minimum atomic E-state index is -1.54. The molecule has 308 valence electrons. The lowest BCUT2D eigenvalue weighted by Gasteiger charge is -2.39. The predicted octanol–water partition coefficient (Wildman–Crippen LogP) is 8.97. The first-order valence-corrected chi connectivity index (χ1v) is 21.2. The first kappa shape index (κ1) is 49.2. The van der Waals surface area contributed by atoms with E-state index in [1.807, 2.05) is 0 Å². The number of unbranched alkanes of at least 4 members (excludes halogenated alkanes) is 16. The van der Waals surface area contributed by atoms with Crippen molar-refractivity contribution in [1.82, 2.24) is 0 Å². The zero-order valence-corrected chi connectivity index (χ0v) is 33.5. The molecule has 9 heteroatoms. The van der Waals surface area contributed by atoms with E-state index in [2.05, 4.69) is 62.5 Å². The number of hydrogen-bond acceptors (Lipinski definition) is 9. The molecule has 0 saturated carbocycles. The molecule has 6 unspecified atom stereocenters. The van der Waals surface area contributed by atoms with E-state index in [0.29, 0.717) is 13.0 Å². The van der Waals surface area contributed by atoms with E-state index in [1.54, 1.807) is 0 Å². The maximum Gasteiger partial charge on any atom is 0.306 e. The second kappa shape index (κ2) is 35.8. The van der Waals surface area contributed by atoms with Gasteiger partial charge in [-0.3, -0.25) is 4.79 Å². The van der Waals surface area contributed by atoms with Gasteiger partial charge < -0.3 is 39.4 Å². The van der Waals surface area contributed by atoms with E-state index in [9.17, 15) is 25.2 Å². The summed E-state index contributed by atoms with van der Waals surface area (Å²) in [5.74, 6) is -0.333. The van der Waals surface area contributed by atoms with Crippen LogP contribution >= 0.6 is 0 Å². The number of carbonyl (C=O) groups excluding carboxylic acids is 1. The second-order valence-corrected chi connectivity index (χ2v) is 14.4. The average molecular weight is 751 g/mol. The van der Waals surface area contributed by atoms with Crippen molar-refractivity contribution in [2.45, 2.75) is 198 Å². The minimum absolute atomic E-state index is 0.125. The molecule has 0 bridgehead atoms. The molecular weight excluding hydrogens is 672 g/mol. The first-order chi connectivity index (χ1) is 25.9. The Kier molecular flexibility index (Phi) is 33.2. The highest BCUT2D eigenvalue weighted by atomic mass is 16.7. The van der Waals surface area contributed by atoms with Crippen LogP contribution in [0.1, 0.15) is 162 Å². The zero-order valence-electron chi connectivity index (χ0n) is 33.5. The highest BCUT2D eigenvalue weighted by Crippen LogP contribution is 2.22. The van der Waals surface area contributed by atoms with Crippen LogP contribution in [-0.4, -0.2) is 89.6 Å². The summed E-state index contributed by atoms with van der Waals surface area (Å²) in [7, 11) is 0. The Hall–Kier alpha value is -1.85. The lowest BCUT2D eigenvalue weighted by atomic mass is 9.99. The van der Waals surface area contributed by atoms with Gasteiger partial charge >= 0.3 is 5.97 Å². The van der Waals surface area contributed by atoms with Crippen LogP contribution in [-0.2, 0) is 23.7 Å². The maximum absolute atomic E-state index is 12.7. The van der Waals surface area contributed by atoms with E-state index in [-0.39, 0.29) is 19.2 Å². The lowest BCUT2D eigenvalue weighted by Crippen LogP contribution is -2.59. The van der Waals surface area contributed by atoms with Gasteiger partial charge in [0.2, 0.25) is 0 Å². The SMILES string of the molecule is CCCC/C=C\C/C=C\CCCCCCCCOCC(COC1OC(CO)C(O)C(O)C1O)OC(=O)CCCCCCC/C=C\C/C=C\CCCCC. The van der Waals surface area contributed by atoms with Gasteiger partial charge in [0, 0.05) is 13.0 Å². The third kappa shape index (κ3) is 27.4. The van der Waals surface area contributed by atoms with Crippen LogP contribution in [0.3, 0.4) is 0 Å². The highest BCUT2D eigenvalue weighted by molar-refractivity contribution is 5.69. The summed E-state index contributed by atoms with van der Waals surface area (Å²) in [6.07, 6.45) is 35.5. The van der Waals surface area contributed by atoms with Crippen molar-refractivity contribution in [3.05, 3.63) is 48.6 Å². The van der Waals surface area contributed by atoms with E-state index < -0.39 is 43.4 Å². The van der Waals surface area contributed by atoms with Gasteiger partial charge in [-0.05, 0) is 70.6 Å². The summed E-state index contributed by atoms with van der Waals surface area (Å²) >= 11 is 0. The smallest absolute Gasteiger partial charge is 0.306 e. The Morgan fingerprint density at radius 1 is 0.604 bits per heavy atom. The summed E-state index contributed by atoms with van der Waals surface area (Å²) in [5, 5.41) is 40.0. The quantitative estimate of drug-likeness (QED) is 0.0285. The van der Waals surface area contributed by atoms with Crippen molar-refractivity contribution in [3.63, 3.8) is 0 Å². The van der Waals surface area contributed by atoms with Crippen molar-refractivity contribution in [2.75, 3.05) is 26.4 Å². The number of rotatable bonds is 35. The van der Waals surface area contributed by atoms with Crippen molar-refractivity contribution in [1.29, 1.82) is 0 Å². The summed E-state index contributed by atoms with van der Waals surface area (Å²) in [6.45, 7) is 4.44. The first-order valence-electron chi connectivity index (χ1n) is 21.2. The van der Waals surface area contributed by atoms with Crippen molar-refractivity contribution in [3.8, 4) is 0 Å². The molecule has 0 radical (unpaired) electrons. The van der Waals surface area contributed by atoms with Gasteiger partial charge in [0.15, 0.2) is 6.29 Å². The van der Waals surface area contributed by atoms with Gasteiger partial charge in [-0.2, -0.15) is 0 Å². The fourth-order valence-corrected chi connectivity index (χ4v) is 6.07. The third-order valence-corrected chi connectivity index (χ3v) is 9.47. The maximum atomic E-state index is 12.7. The Morgan fingerprint density at radius 2 is 1.11 bits per heavy atom. The fourth-order valence-electron chi connectivity index (χ4n) is 6.07. The molecule has 9 nitrogen and oxygen atoms in total. The van der Waals surface area contributed by atoms with Crippen LogP contribution in [0.5, 0.6) is 0 Å². The third-order valence-electron chi connectivity index (χ3n) is 9.47. The molecule has 1 saturated heterocycles. The Morgan fingerprint density at radius 3 is 1.68 bits per heavy atom. The normalized spacial score (nSPS) is 21.5. The molecule has 1 fully saturated rings. The van der Waals surface area contributed by atoms with Crippen LogP contribution in [0.25, 0.3) is 0 Å². The number of aliphatic hydroxyl groups is 4. The molecular formula is C44H78O9. The summed E-state index contributed by atoms with van der Waals surface area (Å²) < 4.78 is 22.7. The predicted molar refractivity (Wildman–Crippen MR) is 215 cm³/mol. The molecule has 1 aliphatic heterocycles. The van der Waals surface area contributed by atoms with Gasteiger partial charge in [-0.25, -0.2) is 0 Å². The van der Waals surface area contributed by atoms with Crippen LogP contribution in [0.2, 0.25) is 0 Å². The molecule has 0 aromatic heterocycles. The summed E-state index contributed by atoms with van der Waals surface area (Å²) in [5.41, 5.74) is 0. The van der Waals surface area contributed by atoms with Gasteiger partial charge in [0.1, 0.15) is 30.5 Å². The Bertz CT molecular complexity index is 947. The molecule has 53 heavy (non-hydrogen) atoms. The number of carbonyl (C=O) groups is 1. The van der Waals surface area contributed by atoms with Crippen LogP contribution < -0.4 is 0 Å². The Balaban J connectivity index is 2.32. The molecule has 0 aromatic rings. The van der Waals surface area contributed by atoms with E-state index in [1.165, 1.54) is 64.2 Å². The van der Waals surface area contributed by atoms with E-state index in [0.717, 1.165) is 77.0 Å².